The smallest absolute Gasteiger partial charge is 0.230 e. The van der Waals surface area contributed by atoms with E-state index in [2.05, 4.69) is 54.9 Å². The second kappa shape index (κ2) is 9.61. The van der Waals surface area contributed by atoms with Crippen LogP contribution < -0.4 is 15.5 Å². The molecule has 0 aromatic carbocycles. The molecule has 3 aromatic rings. The molecule has 1 spiro atoms. The van der Waals surface area contributed by atoms with Crippen molar-refractivity contribution in [2.24, 2.45) is 5.92 Å². The van der Waals surface area contributed by atoms with Gasteiger partial charge >= 0.3 is 0 Å². The van der Waals surface area contributed by atoms with Gasteiger partial charge in [0.1, 0.15) is 17.7 Å². The third-order valence-corrected chi connectivity index (χ3v) is 8.47. The molecule has 2 atom stereocenters. The Hall–Kier alpha value is -2.75. The molecular formula is C27H38N8O. The summed E-state index contributed by atoms with van der Waals surface area (Å²) >= 11 is 0. The summed E-state index contributed by atoms with van der Waals surface area (Å²) in [5.74, 6) is 2.02. The Morgan fingerprint density at radius 2 is 1.94 bits per heavy atom. The lowest BCUT2D eigenvalue weighted by atomic mass is 9.94. The molecular weight excluding hydrogens is 452 g/mol. The number of hydrogen-bond donors (Lipinski definition) is 3. The van der Waals surface area contributed by atoms with Crippen molar-refractivity contribution in [3.63, 3.8) is 0 Å². The molecule has 9 heteroatoms. The second-order valence-electron chi connectivity index (χ2n) is 10.9. The van der Waals surface area contributed by atoms with E-state index in [9.17, 15) is 5.11 Å². The summed E-state index contributed by atoms with van der Waals surface area (Å²) in [5.41, 5.74) is 2.92. The standard InChI is InChI=1S/C27H38N8O/c1-3-19(2)17-33-10-12-34(13-11-33)21-6-7-23(28-16-21)31-26-29-15-20-14-22-25(36)30-18-27(8-4-5-9-27)35(22)24(20)32-26/h6-7,14-16,19,25,30,36H,3-5,8-13,17-18H2,1-2H3,(H,28,29,31,32). The van der Waals surface area contributed by atoms with Crippen molar-refractivity contribution in [1.29, 1.82) is 0 Å². The average Bonchev–Trinajstić information content (AvgIpc) is 3.53. The molecule has 1 saturated carbocycles. The van der Waals surface area contributed by atoms with Crippen LogP contribution in [0.2, 0.25) is 0 Å². The van der Waals surface area contributed by atoms with Gasteiger partial charge in [0.05, 0.1) is 23.1 Å². The number of aliphatic hydroxyl groups excluding tert-OH is 1. The third kappa shape index (κ3) is 4.33. The number of fused-ring (bicyclic) bond motifs is 4. The van der Waals surface area contributed by atoms with Crippen LogP contribution in [0.25, 0.3) is 11.0 Å². The fourth-order valence-corrected chi connectivity index (χ4v) is 6.19. The van der Waals surface area contributed by atoms with Crippen LogP contribution in [0, 0.1) is 5.92 Å². The van der Waals surface area contributed by atoms with Gasteiger partial charge in [0.2, 0.25) is 5.95 Å². The molecule has 2 fully saturated rings. The van der Waals surface area contributed by atoms with Crippen LogP contribution >= 0.6 is 0 Å². The lowest BCUT2D eigenvalue weighted by Crippen LogP contribution is -2.48. The molecule has 0 radical (unpaired) electrons. The monoisotopic (exact) mass is 490 g/mol. The maximum absolute atomic E-state index is 10.6. The predicted octanol–water partition coefficient (Wildman–Crippen LogP) is 3.60. The summed E-state index contributed by atoms with van der Waals surface area (Å²) in [6, 6.07) is 6.16. The van der Waals surface area contributed by atoms with Gasteiger partial charge in [-0.1, -0.05) is 33.1 Å². The highest BCUT2D eigenvalue weighted by atomic mass is 16.3. The lowest BCUT2D eigenvalue weighted by molar-refractivity contribution is 0.0768. The molecule has 192 valence electrons. The molecule has 3 N–H and O–H groups in total. The molecule has 6 rings (SSSR count). The van der Waals surface area contributed by atoms with Crippen LogP contribution in [0.3, 0.4) is 0 Å². The normalized spacial score (nSPS) is 22.8. The molecule has 0 bridgehead atoms. The molecule has 2 unspecified atom stereocenters. The first kappa shape index (κ1) is 23.6. The molecule has 36 heavy (non-hydrogen) atoms. The maximum atomic E-state index is 10.6. The quantitative estimate of drug-likeness (QED) is 0.483. The van der Waals surface area contributed by atoms with Gasteiger partial charge in [-0.2, -0.15) is 4.98 Å². The fourth-order valence-electron chi connectivity index (χ4n) is 6.19. The van der Waals surface area contributed by atoms with Crippen molar-refractivity contribution in [3.05, 3.63) is 36.3 Å². The minimum atomic E-state index is -0.673. The first-order valence-electron chi connectivity index (χ1n) is 13.6. The van der Waals surface area contributed by atoms with E-state index in [4.69, 9.17) is 4.98 Å². The third-order valence-electron chi connectivity index (χ3n) is 8.47. The Kier molecular flexibility index (Phi) is 6.31. The van der Waals surface area contributed by atoms with E-state index in [0.29, 0.717) is 5.95 Å². The Bertz CT molecular complexity index is 1190. The predicted molar refractivity (Wildman–Crippen MR) is 143 cm³/mol. The summed E-state index contributed by atoms with van der Waals surface area (Å²) in [5, 5.41) is 18.1. The largest absolute Gasteiger partial charge is 0.373 e. The van der Waals surface area contributed by atoms with E-state index in [1.807, 2.05) is 24.5 Å². The van der Waals surface area contributed by atoms with Gasteiger partial charge in [-0.3, -0.25) is 10.2 Å². The summed E-state index contributed by atoms with van der Waals surface area (Å²) in [6.45, 7) is 10.8. The minimum absolute atomic E-state index is 0.0135. The van der Waals surface area contributed by atoms with Crippen LogP contribution in [0.15, 0.2) is 30.6 Å². The van der Waals surface area contributed by atoms with Crippen molar-refractivity contribution < 1.29 is 5.11 Å². The number of hydrogen-bond acceptors (Lipinski definition) is 8. The zero-order valence-corrected chi connectivity index (χ0v) is 21.5. The fraction of sp³-hybridized carbons (Fsp3) is 0.593. The number of nitrogens with one attached hydrogen (secondary N) is 2. The van der Waals surface area contributed by atoms with E-state index < -0.39 is 6.23 Å². The Morgan fingerprint density at radius 3 is 2.67 bits per heavy atom. The van der Waals surface area contributed by atoms with Crippen LogP contribution in [0.5, 0.6) is 0 Å². The first-order chi connectivity index (χ1) is 17.5. The van der Waals surface area contributed by atoms with Crippen LogP contribution in [0.1, 0.15) is 57.9 Å². The molecule has 3 aromatic heterocycles. The zero-order valence-electron chi connectivity index (χ0n) is 21.5. The SMILES string of the molecule is CCC(C)CN1CCN(c2ccc(Nc3ncc4cc5n(c4n3)C3(CCCC3)CNC5O)nc2)CC1. The van der Waals surface area contributed by atoms with E-state index in [0.717, 1.165) is 79.7 Å². The van der Waals surface area contributed by atoms with Crippen molar-refractivity contribution >= 4 is 28.5 Å². The van der Waals surface area contributed by atoms with Crippen molar-refractivity contribution in [1.82, 2.24) is 29.7 Å². The maximum Gasteiger partial charge on any atom is 0.230 e. The van der Waals surface area contributed by atoms with E-state index >= 15 is 0 Å². The van der Waals surface area contributed by atoms with Gasteiger partial charge < -0.3 is 19.9 Å². The second-order valence-corrected chi connectivity index (χ2v) is 10.9. The molecule has 9 nitrogen and oxygen atoms in total. The highest BCUT2D eigenvalue weighted by Gasteiger charge is 2.42. The Labute approximate surface area is 212 Å². The van der Waals surface area contributed by atoms with Gasteiger partial charge in [0.15, 0.2) is 0 Å². The van der Waals surface area contributed by atoms with Gasteiger partial charge in [-0.25, -0.2) is 9.97 Å². The number of anilines is 3. The Balaban J connectivity index is 1.17. The number of pyridine rings is 1. The van der Waals surface area contributed by atoms with Gasteiger partial charge in [0, 0.05) is 50.9 Å². The summed E-state index contributed by atoms with van der Waals surface area (Å²) in [4.78, 5) is 19.1. The van der Waals surface area contributed by atoms with Gasteiger partial charge in [-0.15, -0.1) is 0 Å². The zero-order chi connectivity index (χ0) is 24.7. The van der Waals surface area contributed by atoms with Gasteiger partial charge in [-0.05, 0) is 37.0 Å². The summed E-state index contributed by atoms with van der Waals surface area (Å²) in [7, 11) is 0. The highest BCUT2D eigenvalue weighted by molar-refractivity contribution is 5.79. The van der Waals surface area contributed by atoms with Crippen LogP contribution in [-0.2, 0) is 5.54 Å². The van der Waals surface area contributed by atoms with Crippen molar-refractivity contribution in [2.45, 2.75) is 57.7 Å². The molecule has 2 aliphatic heterocycles. The minimum Gasteiger partial charge on any atom is -0.373 e. The molecule has 0 amide bonds. The molecule has 5 heterocycles. The first-order valence-corrected chi connectivity index (χ1v) is 13.6. The van der Waals surface area contributed by atoms with E-state index in [-0.39, 0.29) is 5.54 Å². The topological polar surface area (TPSA) is 94.4 Å². The summed E-state index contributed by atoms with van der Waals surface area (Å²) in [6.07, 6.45) is 8.97. The Morgan fingerprint density at radius 1 is 1.14 bits per heavy atom. The van der Waals surface area contributed by atoms with E-state index in [1.165, 1.54) is 25.8 Å². The van der Waals surface area contributed by atoms with Crippen LogP contribution in [0.4, 0.5) is 17.5 Å². The van der Waals surface area contributed by atoms with Crippen LogP contribution in [-0.4, -0.2) is 68.8 Å². The summed E-state index contributed by atoms with van der Waals surface area (Å²) < 4.78 is 2.28. The number of aliphatic hydroxyl groups is 1. The highest BCUT2D eigenvalue weighted by Crippen LogP contribution is 2.43. The molecule has 3 aliphatic rings. The number of aromatic nitrogens is 4. The van der Waals surface area contributed by atoms with Crippen molar-refractivity contribution in [2.75, 3.05) is 49.5 Å². The average molecular weight is 491 g/mol. The molecule has 1 aliphatic carbocycles. The van der Waals surface area contributed by atoms with Crippen molar-refractivity contribution in [3.8, 4) is 0 Å². The number of nitrogens with zero attached hydrogens (tertiary/aromatic N) is 6. The van der Waals surface area contributed by atoms with Gasteiger partial charge in [0.25, 0.3) is 0 Å². The van der Waals surface area contributed by atoms with E-state index in [1.54, 1.807) is 0 Å². The lowest BCUT2D eigenvalue weighted by Gasteiger charge is -2.39. The number of piperazine rings is 1. The number of rotatable bonds is 6. The molecule has 1 saturated heterocycles.